The van der Waals surface area contributed by atoms with Gasteiger partial charge in [0, 0.05) is 42.4 Å². The number of benzene rings is 2. The number of nitrogens with zero attached hydrogens (tertiary/aromatic N) is 3. The number of hydrogen-bond acceptors (Lipinski definition) is 4. The van der Waals surface area contributed by atoms with Gasteiger partial charge in [-0.1, -0.05) is 52.7 Å². The molecule has 5 rings (SSSR count). The molecule has 3 aliphatic heterocycles. The molecule has 5 heteroatoms. The minimum absolute atomic E-state index is 0.241. The van der Waals surface area contributed by atoms with Crippen LogP contribution < -0.4 is 4.74 Å². The maximum Gasteiger partial charge on any atom is 0.200 e. The summed E-state index contributed by atoms with van der Waals surface area (Å²) in [6, 6.07) is 15.4. The molecule has 4 nitrogen and oxygen atoms in total. The van der Waals surface area contributed by atoms with E-state index >= 15 is 0 Å². The summed E-state index contributed by atoms with van der Waals surface area (Å²) >= 11 is 3.65. The fraction of sp³-hybridized carbons (Fsp3) is 0.458. The number of halogens is 1. The molecule has 3 aliphatic rings. The van der Waals surface area contributed by atoms with E-state index in [0.29, 0.717) is 0 Å². The van der Waals surface area contributed by atoms with Gasteiger partial charge >= 0.3 is 0 Å². The minimum atomic E-state index is -0.331. The van der Waals surface area contributed by atoms with E-state index in [9.17, 15) is 0 Å². The van der Waals surface area contributed by atoms with E-state index in [1.165, 1.54) is 35.4 Å². The van der Waals surface area contributed by atoms with Crippen LogP contribution >= 0.6 is 15.9 Å². The largest absolute Gasteiger partial charge is 0.466 e. The fourth-order valence-corrected chi connectivity index (χ4v) is 5.32. The molecular formula is C24H28BrN3O. The van der Waals surface area contributed by atoms with E-state index in [-0.39, 0.29) is 11.8 Å². The molecule has 1 saturated heterocycles. The van der Waals surface area contributed by atoms with Crippen LogP contribution in [0.2, 0.25) is 0 Å². The van der Waals surface area contributed by atoms with Gasteiger partial charge in [0.05, 0.1) is 11.8 Å². The molecule has 0 radical (unpaired) electrons. The summed E-state index contributed by atoms with van der Waals surface area (Å²) in [6.07, 6.45) is 4.11. The number of ether oxygens (including phenoxy) is 1. The van der Waals surface area contributed by atoms with Gasteiger partial charge in [0.2, 0.25) is 5.72 Å². The number of aryl methyl sites for hydroxylation is 1. The standard InChI is InChI=1S/C24H28BrN3O/c1-3-12-27-13-10-24(11-14-27)28-22(20-15-19(25)8-9-23(20)29-24)16-21(26-28)18-6-4-17(2)5-7-18/h4-9,15,22H,3,10-14,16H2,1-2H3/t22-/m0/s1. The Morgan fingerprint density at radius 3 is 2.62 bits per heavy atom. The second kappa shape index (κ2) is 7.44. The van der Waals surface area contributed by atoms with Crippen molar-refractivity contribution < 1.29 is 4.74 Å². The van der Waals surface area contributed by atoms with Crippen molar-refractivity contribution in [2.75, 3.05) is 19.6 Å². The van der Waals surface area contributed by atoms with Gasteiger partial charge in [-0.05, 0) is 43.7 Å². The summed E-state index contributed by atoms with van der Waals surface area (Å²) < 4.78 is 7.83. The molecule has 0 amide bonds. The molecular weight excluding hydrogens is 426 g/mol. The second-order valence-electron chi connectivity index (χ2n) is 8.55. The predicted molar refractivity (Wildman–Crippen MR) is 120 cm³/mol. The Morgan fingerprint density at radius 1 is 1.14 bits per heavy atom. The Kier molecular flexibility index (Phi) is 4.91. The van der Waals surface area contributed by atoms with Crippen molar-refractivity contribution in [1.82, 2.24) is 9.91 Å². The third-order valence-electron chi connectivity index (χ3n) is 6.52. The SMILES string of the molecule is CCCN1CCC2(CC1)Oc1ccc(Br)cc1[C@@H]1CC(c3ccc(C)cc3)=NN12. The second-order valence-corrected chi connectivity index (χ2v) is 9.46. The van der Waals surface area contributed by atoms with Crippen molar-refractivity contribution in [2.24, 2.45) is 5.10 Å². The first-order valence-electron chi connectivity index (χ1n) is 10.7. The summed E-state index contributed by atoms with van der Waals surface area (Å²) in [7, 11) is 0. The fourth-order valence-electron chi connectivity index (χ4n) is 4.95. The van der Waals surface area contributed by atoms with Gasteiger partial charge < -0.3 is 9.64 Å². The quantitative estimate of drug-likeness (QED) is 0.613. The van der Waals surface area contributed by atoms with E-state index < -0.39 is 0 Å². The van der Waals surface area contributed by atoms with Crippen molar-refractivity contribution in [2.45, 2.75) is 51.3 Å². The van der Waals surface area contributed by atoms with Gasteiger partial charge in [0.15, 0.2) is 0 Å². The van der Waals surface area contributed by atoms with Crippen LogP contribution in [-0.4, -0.2) is 41.0 Å². The van der Waals surface area contributed by atoms with Gasteiger partial charge in [-0.15, -0.1) is 0 Å². The van der Waals surface area contributed by atoms with Crippen LogP contribution in [0.3, 0.4) is 0 Å². The van der Waals surface area contributed by atoms with Crippen LogP contribution in [0.15, 0.2) is 52.0 Å². The molecule has 152 valence electrons. The van der Waals surface area contributed by atoms with E-state index in [0.717, 1.165) is 42.6 Å². The first-order chi connectivity index (χ1) is 14.1. The van der Waals surface area contributed by atoms with Crippen LogP contribution in [0.4, 0.5) is 0 Å². The molecule has 0 aliphatic carbocycles. The molecule has 0 unspecified atom stereocenters. The van der Waals surface area contributed by atoms with E-state index in [1.54, 1.807) is 0 Å². The first kappa shape index (κ1) is 19.1. The normalized spacial score (nSPS) is 22.8. The highest BCUT2D eigenvalue weighted by Gasteiger charge is 2.51. The Hall–Kier alpha value is -1.85. The van der Waals surface area contributed by atoms with Crippen LogP contribution in [0, 0.1) is 6.92 Å². The van der Waals surface area contributed by atoms with Crippen molar-refractivity contribution in [1.29, 1.82) is 0 Å². The van der Waals surface area contributed by atoms with Crippen molar-refractivity contribution >= 4 is 21.6 Å². The zero-order chi connectivity index (χ0) is 20.0. The summed E-state index contributed by atoms with van der Waals surface area (Å²) in [5.41, 5.74) is 4.58. The lowest BCUT2D eigenvalue weighted by Crippen LogP contribution is -2.59. The third-order valence-corrected chi connectivity index (χ3v) is 7.01. The van der Waals surface area contributed by atoms with E-state index in [4.69, 9.17) is 9.84 Å². The molecule has 1 atom stereocenters. The van der Waals surface area contributed by atoms with Gasteiger partial charge in [0.25, 0.3) is 0 Å². The predicted octanol–water partition coefficient (Wildman–Crippen LogP) is 5.50. The third kappa shape index (κ3) is 3.38. The molecule has 1 spiro atoms. The lowest BCUT2D eigenvalue weighted by Gasteiger charge is -2.51. The first-order valence-corrected chi connectivity index (χ1v) is 11.5. The average molecular weight is 454 g/mol. The maximum absolute atomic E-state index is 6.73. The molecule has 2 aromatic rings. The average Bonchev–Trinajstić information content (AvgIpc) is 3.18. The molecule has 0 N–H and O–H groups in total. The molecule has 2 aromatic carbocycles. The highest BCUT2D eigenvalue weighted by molar-refractivity contribution is 9.10. The van der Waals surface area contributed by atoms with Crippen LogP contribution in [0.25, 0.3) is 0 Å². The van der Waals surface area contributed by atoms with E-state index in [2.05, 4.69) is 82.2 Å². The van der Waals surface area contributed by atoms with Crippen LogP contribution in [0.1, 0.15) is 55.3 Å². The van der Waals surface area contributed by atoms with Gasteiger partial charge in [-0.25, -0.2) is 5.01 Å². The Labute approximate surface area is 181 Å². The zero-order valence-electron chi connectivity index (χ0n) is 17.2. The number of rotatable bonds is 3. The Bertz CT molecular complexity index is 932. The molecule has 1 fully saturated rings. The van der Waals surface area contributed by atoms with Crippen LogP contribution in [0.5, 0.6) is 5.75 Å². The van der Waals surface area contributed by atoms with E-state index in [1.807, 2.05) is 0 Å². The summed E-state index contributed by atoms with van der Waals surface area (Å²) in [4.78, 5) is 2.56. The molecule has 0 saturated carbocycles. The maximum atomic E-state index is 6.73. The summed E-state index contributed by atoms with van der Waals surface area (Å²) in [5.74, 6) is 1.03. The number of hydrogen-bond donors (Lipinski definition) is 0. The highest BCUT2D eigenvalue weighted by Crippen LogP contribution is 2.50. The lowest BCUT2D eigenvalue weighted by atomic mass is 9.90. The van der Waals surface area contributed by atoms with Crippen molar-refractivity contribution in [3.05, 3.63) is 63.6 Å². The Morgan fingerprint density at radius 2 is 1.90 bits per heavy atom. The molecule has 29 heavy (non-hydrogen) atoms. The smallest absolute Gasteiger partial charge is 0.200 e. The molecule has 0 aromatic heterocycles. The van der Waals surface area contributed by atoms with Gasteiger partial charge in [0.1, 0.15) is 5.75 Å². The van der Waals surface area contributed by atoms with Crippen LogP contribution in [-0.2, 0) is 0 Å². The summed E-state index contributed by atoms with van der Waals surface area (Å²) in [6.45, 7) is 7.69. The zero-order valence-corrected chi connectivity index (χ0v) is 18.8. The van der Waals surface area contributed by atoms with Gasteiger partial charge in [-0.2, -0.15) is 5.10 Å². The van der Waals surface area contributed by atoms with Gasteiger partial charge in [-0.3, -0.25) is 0 Å². The molecule has 0 bridgehead atoms. The summed E-state index contributed by atoms with van der Waals surface area (Å²) in [5, 5.41) is 7.48. The highest BCUT2D eigenvalue weighted by atomic mass is 79.9. The van der Waals surface area contributed by atoms with Crippen molar-refractivity contribution in [3.63, 3.8) is 0 Å². The topological polar surface area (TPSA) is 28.1 Å². The number of fused-ring (bicyclic) bond motifs is 4. The number of hydrazone groups is 1. The number of likely N-dealkylation sites (tertiary alicyclic amines) is 1. The lowest BCUT2D eigenvalue weighted by molar-refractivity contribution is -0.149. The monoisotopic (exact) mass is 453 g/mol. The number of piperidine rings is 1. The Balaban J connectivity index is 1.52. The van der Waals surface area contributed by atoms with Crippen molar-refractivity contribution in [3.8, 4) is 5.75 Å². The molecule has 3 heterocycles. The minimum Gasteiger partial charge on any atom is -0.466 e.